The fourth-order valence-electron chi connectivity index (χ4n) is 1.78. The Bertz CT molecular complexity index is 569. The molecular weight excluding hydrogens is 265 g/mol. The molecule has 0 bridgehead atoms. The molecule has 0 aliphatic heterocycles. The van der Waals surface area contributed by atoms with Crippen LogP contribution in [0.4, 0.5) is 13.2 Å². The number of hydrogen-bond donors (Lipinski definition) is 1. The second-order valence-corrected chi connectivity index (χ2v) is 4.25. The highest BCUT2D eigenvalue weighted by Gasteiger charge is 2.40. The Hall–Kier alpha value is -1.33. The number of alkyl halides is 3. The summed E-state index contributed by atoms with van der Waals surface area (Å²) >= 11 is 5.89. The topological polar surface area (TPSA) is 38.9 Å². The van der Waals surface area contributed by atoms with E-state index < -0.39 is 18.6 Å². The molecule has 0 aliphatic rings. The van der Waals surface area contributed by atoms with Gasteiger partial charge in [0.05, 0.1) is 5.69 Å². The SMILES string of the molecule is NCC(c1cc2ccccc2c(Cl)n1)C(F)(F)F. The zero-order valence-corrected chi connectivity index (χ0v) is 9.96. The molecule has 1 aromatic heterocycles. The van der Waals surface area contributed by atoms with Crippen molar-refractivity contribution >= 4 is 22.4 Å². The van der Waals surface area contributed by atoms with Gasteiger partial charge in [0, 0.05) is 11.9 Å². The molecule has 0 aliphatic carbocycles. The van der Waals surface area contributed by atoms with E-state index in [9.17, 15) is 13.2 Å². The third-order valence-corrected chi connectivity index (χ3v) is 2.99. The van der Waals surface area contributed by atoms with Crippen molar-refractivity contribution in [3.63, 3.8) is 0 Å². The fourth-order valence-corrected chi connectivity index (χ4v) is 2.05. The normalized spacial score (nSPS) is 13.8. The van der Waals surface area contributed by atoms with Crippen LogP contribution in [0, 0.1) is 0 Å². The lowest BCUT2D eigenvalue weighted by atomic mass is 10.0. The average Bonchev–Trinajstić information content (AvgIpc) is 2.28. The second kappa shape index (κ2) is 4.74. The van der Waals surface area contributed by atoms with E-state index in [0.717, 1.165) is 0 Å². The van der Waals surface area contributed by atoms with Crippen LogP contribution in [0.5, 0.6) is 0 Å². The summed E-state index contributed by atoms with van der Waals surface area (Å²) in [6, 6.07) is 8.26. The highest BCUT2D eigenvalue weighted by molar-refractivity contribution is 6.34. The average molecular weight is 275 g/mol. The monoisotopic (exact) mass is 274 g/mol. The van der Waals surface area contributed by atoms with Crippen molar-refractivity contribution in [1.29, 1.82) is 0 Å². The van der Waals surface area contributed by atoms with Crippen LogP contribution in [0.25, 0.3) is 10.8 Å². The molecule has 0 saturated heterocycles. The van der Waals surface area contributed by atoms with Gasteiger partial charge in [0.2, 0.25) is 0 Å². The summed E-state index contributed by atoms with van der Waals surface area (Å²) in [6.07, 6.45) is -4.42. The lowest BCUT2D eigenvalue weighted by molar-refractivity contribution is -0.148. The first kappa shape index (κ1) is 13.1. The zero-order valence-electron chi connectivity index (χ0n) is 9.21. The Morgan fingerprint density at radius 3 is 2.56 bits per heavy atom. The lowest BCUT2D eigenvalue weighted by Gasteiger charge is -2.18. The van der Waals surface area contributed by atoms with Crippen molar-refractivity contribution in [2.75, 3.05) is 6.54 Å². The minimum Gasteiger partial charge on any atom is -0.329 e. The predicted molar refractivity (Wildman–Crippen MR) is 64.6 cm³/mol. The van der Waals surface area contributed by atoms with Gasteiger partial charge in [-0.25, -0.2) is 4.98 Å². The van der Waals surface area contributed by atoms with Gasteiger partial charge in [0.25, 0.3) is 0 Å². The second-order valence-electron chi connectivity index (χ2n) is 3.89. The maximum atomic E-state index is 12.8. The highest BCUT2D eigenvalue weighted by atomic mass is 35.5. The van der Waals surface area contributed by atoms with Gasteiger partial charge in [0.15, 0.2) is 0 Å². The van der Waals surface area contributed by atoms with Crippen LogP contribution in [0.1, 0.15) is 11.6 Å². The van der Waals surface area contributed by atoms with E-state index in [0.29, 0.717) is 10.8 Å². The molecule has 1 atom stereocenters. The predicted octanol–water partition coefficient (Wildman–Crippen LogP) is 3.49. The van der Waals surface area contributed by atoms with E-state index in [1.807, 2.05) is 0 Å². The first-order valence-electron chi connectivity index (χ1n) is 5.25. The first-order chi connectivity index (χ1) is 8.43. The van der Waals surface area contributed by atoms with Crippen molar-refractivity contribution in [3.8, 4) is 0 Å². The van der Waals surface area contributed by atoms with Crippen LogP contribution in [0.2, 0.25) is 5.15 Å². The number of aromatic nitrogens is 1. The van der Waals surface area contributed by atoms with Gasteiger partial charge in [-0.1, -0.05) is 35.9 Å². The molecule has 18 heavy (non-hydrogen) atoms. The number of rotatable bonds is 2. The Labute approximate surface area is 107 Å². The molecule has 2 N–H and O–H groups in total. The largest absolute Gasteiger partial charge is 0.398 e. The Morgan fingerprint density at radius 2 is 1.94 bits per heavy atom. The molecule has 1 aromatic carbocycles. The maximum absolute atomic E-state index is 12.8. The number of hydrogen-bond acceptors (Lipinski definition) is 2. The molecule has 0 spiro atoms. The summed E-state index contributed by atoms with van der Waals surface area (Å²) in [5.74, 6) is -1.79. The third-order valence-electron chi connectivity index (χ3n) is 2.70. The fraction of sp³-hybridized carbons (Fsp3) is 0.250. The van der Waals surface area contributed by atoms with Gasteiger partial charge in [-0.2, -0.15) is 13.2 Å². The van der Waals surface area contributed by atoms with Crippen LogP contribution >= 0.6 is 11.6 Å². The molecule has 1 heterocycles. The van der Waals surface area contributed by atoms with Crippen LogP contribution in [0.3, 0.4) is 0 Å². The molecule has 1 unspecified atom stereocenters. The van der Waals surface area contributed by atoms with Crippen molar-refractivity contribution in [2.24, 2.45) is 5.73 Å². The molecule has 0 radical (unpaired) electrons. The summed E-state index contributed by atoms with van der Waals surface area (Å²) in [5.41, 5.74) is 5.04. The zero-order chi connectivity index (χ0) is 13.3. The number of benzene rings is 1. The van der Waals surface area contributed by atoms with Crippen molar-refractivity contribution in [2.45, 2.75) is 12.1 Å². The molecule has 2 nitrogen and oxygen atoms in total. The quantitative estimate of drug-likeness (QED) is 0.852. The van der Waals surface area contributed by atoms with Gasteiger partial charge in [-0.15, -0.1) is 0 Å². The molecule has 2 aromatic rings. The summed E-state index contributed by atoms with van der Waals surface area (Å²) < 4.78 is 38.3. The van der Waals surface area contributed by atoms with Crippen molar-refractivity contribution in [3.05, 3.63) is 41.2 Å². The van der Waals surface area contributed by atoms with E-state index in [-0.39, 0.29) is 10.8 Å². The first-order valence-corrected chi connectivity index (χ1v) is 5.63. The summed E-state index contributed by atoms with van der Waals surface area (Å²) in [4.78, 5) is 3.80. The number of nitrogens with two attached hydrogens (primary N) is 1. The Morgan fingerprint density at radius 1 is 1.28 bits per heavy atom. The Balaban J connectivity index is 2.58. The molecule has 0 fully saturated rings. The van der Waals surface area contributed by atoms with Crippen LogP contribution in [-0.4, -0.2) is 17.7 Å². The van der Waals surface area contributed by atoms with Gasteiger partial charge >= 0.3 is 6.18 Å². The van der Waals surface area contributed by atoms with Gasteiger partial charge in [0.1, 0.15) is 11.1 Å². The summed E-state index contributed by atoms with van der Waals surface area (Å²) in [6.45, 7) is -0.550. The third kappa shape index (κ3) is 2.42. The number of halogens is 4. The van der Waals surface area contributed by atoms with E-state index in [4.69, 9.17) is 17.3 Å². The molecular formula is C12H10ClF3N2. The van der Waals surface area contributed by atoms with Gasteiger partial charge in [-0.3, -0.25) is 0 Å². The summed E-state index contributed by atoms with van der Waals surface area (Å²) in [5, 5.41) is 1.31. The van der Waals surface area contributed by atoms with E-state index in [1.54, 1.807) is 24.3 Å². The minimum absolute atomic E-state index is 0.0609. The number of pyridine rings is 1. The molecule has 6 heteroatoms. The van der Waals surface area contributed by atoms with E-state index in [2.05, 4.69) is 4.98 Å². The van der Waals surface area contributed by atoms with Gasteiger partial charge < -0.3 is 5.73 Å². The van der Waals surface area contributed by atoms with E-state index in [1.165, 1.54) is 6.07 Å². The number of nitrogens with zero attached hydrogens (tertiary/aromatic N) is 1. The van der Waals surface area contributed by atoms with Gasteiger partial charge in [-0.05, 0) is 11.5 Å². The van der Waals surface area contributed by atoms with E-state index >= 15 is 0 Å². The van der Waals surface area contributed by atoms with Crippen molar-refractivity contribution < 1.29 is 13.2 Å². The van der Waals surface area contributed by atoms with Crippen LogP contribution in [0.15, 0.2) is 30.3 Å². The number of fused-ring (bicyclic) bond motifs is 1. The highest BCUT2D eigenvalue weighted by Crippen LogP contribution is 2.35. The molecule has 0 amide bonds. The minimum atomic E-state index is -4.42. The molecule has 0 saturated carbocycles. The molecule has 2 rings (SSSR count). The smallest absolute Gasteiger partial charge is 0.329 e. The standard InChI is InChI=1S/C12H10ClF3N2/c13-11-8-4-2-1-3-7(8)5-10(18-11)9(6-17)12(14,15)16/h1-5,9H,6,17H2. The Kier molecular flexibility index (Phi) is 3.45. The van der Waals surface area contributed by atoms with Crippen LogP contribution in [-0.2, 0) is 0 Å². The van der Waals surface area contributed by atoms with Crippen molar-refractivity contribution in [1.82, 2.24) is 4.98 Å². The molecule has 96 valence electrons. The van der Waals surface area contributed by atoms with Crippen LogP contribution < -0.4 is 5.73 Å². The lowest BCUT2D eigenvalue weighted by Crippen LogP contribution is -2.28. The summed E-state index contributed by atoms with van der Waals surface area (Å²) in [7, 11) is 0. The maximum Gasteiger partial charge on any atom is 0.398 e.